The number of ether oxygens (including phenoxy) is 2. The quantitative estimate of drug-likeness (QED) is 0.120. The van der Waals surface area contributed by atoms with E-state index in [1.807, 2.05) is 48.5 Å². The molecule has 0 radical (unpaired) electrons. The van der Waals surface area contributed by atoms with E-state index < -0.39 is 21.8 Å². The van der Waals surface area contributed by atoms with Crippen LogP contribution in [0.3, 0.4) is 0 Å². The number of halogens is 3. The Labute approximate surface area is 183 Å². The van der Waals surface area contributed by atoms with E-state index in [0.717, 1.165) is 27.1 Å². The van der Waals surface area contributed by atoms with E-state index >= 15 is 0 Å². The van der Waals surface area contributed by atoms with Crippen molar-refractivity contribution in [3.05, 3.63) is 72.3 Å². The molecule has 4 nitrogen and oxygen atoms in total. The standard InChI is InChI=1S/C22H18Cl3NO3/c1-14(27)29-19(11-6-12-28-21(26)22(23,24)25)20-17-9-4-2-7-15(17)13-16-8-3-5-10-18(16)20/h2-11,13,19,26H,12H2,1H3/b11-6-,26-21?. The molecular weight excluding hydrogens is 433 g/mol. The minimum Gasteiger partial charge on any atom is -0.474 e. The van der Waals surface area contributed by atoms with Crippen molar-refractivity contribution < 1.29 is 14.3 Å². The van der Waals surface area contributed by atoms with Crippen LogP contribution in [0.25, 0.3) is 21.5 Å². The smallest absolute Gasteiger partial charge is 0.303 e. The maximum Gasteiger partial charge on any atom is 0.303 e. The Kier molecular flexibility index (Phi) is 6.68. The molecule has 0 amide bonds. The Hall–Kier alpha value is -2.27. The highest BCUT2D eigenvalue weighted by Crippen LogP contribution is 2.35. The molecule has 0 bridgehead atoms. The first-order valence-corrected chi connectivity index (χ1v) is 9.93. The number of carbonyl (C=O) groups excluding carboxylic acids is 1. The number of fused-ring (bicyclic) bond motifs is 2. The fourth-order valence-corrected chi connectivity index (χ4v) is 3.28. The number of alkyl halides is 3. The van der Waals surface area contributed by atoms with Crippen molar-refractivity contribution >= 4 is 68.2 Å². The normalized spacial score (nSPS) is 13.0. The third-order valence-electron chi connectivity index (χ3n) is 4.28. The maximum atomic E-state index is 11.8. The van der Waals surface area contributed by atoms with Gasteiger partial charge in [0.25, 0.3) is 3.79 Å². The second-order valence-electron chi connectivity index (χ2n) is 6.33. The first-order chi connectivity index (χ1) is 13.8. The summed E-state index contributed by atoms with van der Waals surface area (Å²) in [5.41, 5.74) is 0.876. The minimum absolute atomic E-state index is 0.00674. The number of carbonyl (C=O) groups is 1. The van der Waals surface area contributed by atoms with Gasteiger partial charge in [0.2, 0.25) is 5.90 Å². The Morgan fingerprint density at radius 3 is 2.14 bits per heavy atom. The zero-order valence-electron chi connectivity index (χ0n) is 15.5. The van der Waals surface area contributed by atoms with Crippen molar-refractivity contribution in [1.29, 1.82) is 5.41 Å². The molecule has 3 aromatic rings. The Balaban J connectivity index is 2.02. The van der Waals surface area contributed by atoms with Crippen LogP contribution in [0.15, 0.2) is 66.7 Å². The second-order valence-corrected chi connectivity index (χ2v) is 8.61. The fraction of sp³-hybridized carbons (Fsp3) is 0.182. The molecule has 1 N–H and O–H groups in total. The lowest BCUT2D eigenvalue weighted by Gasteiger charge is -2.19. The van der Waals surface area contributed by atoms with Crippen LogP contribution in [-0.2, 0) is 14.3 Å². The molecule has 150 valence electrons. The van der Waals surface area contributed by atoms with Gasteiger partial charge in [0.15, 0.2) is 0 Å². The molecule has 0 spiro atoms. The Morgan fingerprint density at radius 1 is 1.07 bits per heavy atom. The fourth-order valence-electron chi connectivity index (χ4n) is 3.12. The van der Waals surface area contributed by atoms with Crippen LogP contribution in [0.1, 0.15) is 18.6 Å². The van der Waals surface area contributed by atoms with Gasteiger partial charge in [-0.2, -0.15) is 0 Å². The summed E-state index contributed by atoms with van der Waals surface area (Å²) in [4.78, 5) is 11.8. The van der Waals surface area contributed by atoms with E-state index in [4.69, 9.17) is 49.7 Å². The van der Waals surface area contributed by atoms with Gasteiger partial charge in [0.1, 0.15) is 12.7 Å². The third-order valence-corrected chi connectivity index (χ3v) is 4.80. The molecular formula is C22H18Cl3NO3. The summed E-state index contributed by atoms with van der Waals surface area (Å²) in [6, 6.07) is 18.0. The van der Waals surface area contributed by atoms with E-state index in [0.29, 0.717) is 0 Å². The molecule has 1 unspecified atom stereocenters. The van der Waals surface area contributed by atoms with Gasteiger partial charge in [-0.25, -0.2) is 0 Å². The first-order valence-electron chi connectivity index (χ1n) is 8.80. The monoisotopic (exact) mass is 449 g/mol. The molecule has 0 aromatic heterocycles. The van der Waals surface area contributed by atoms with Crippen molar-refractivity contribution in [2.45, 2.75) is 16.8 Å². The molecule has 0 fully saturated rings. The van der Waals surface area contributed by atoms with Gasteiger partial charge in [-0.3, -0.25) is 10.2 Å². The van der Waals surface area contributed by atoms with Crippen LogP contribution in [0.2, 0.25) is 0 Å². The molecule has 0 saturated heterocycles. The van der Waals surface area contributed by atoms with E-state index in [9.17, 15) is 4.79 Å². The van der Waals surface area contributed by atoms with Gasteiger partial charge in [0.05, 0.1) is 0 Å². The summed E-state index contributed by atoms with van der Waals surface area (Å²) in [6.07, 6.45) is 2.70. The van der Waals surface area contributed by atoms with Crippen molar-refractivity contribution in [2.75, 3.05) is 6.61 Å². The summed E-state index contributed by atoms with van der Waals surface area (Å²) < 4.78 is 8.82. The van der Waals surface area contributed by atoms with Gasteiger partial charge in [0, 0.05) is 12.5 Å². The minimum atomic E-state index is -1.92. The maximum absolute atomic E-state index is 11.8. The van der Waals surface area contributed by atoms with Crippen molar-refractivity contribution in [1.82, 2.24) is 0 Å². The number of benzene rings is 3. The van der Waals surface area contributed by atoms with Crippen LogP contribution in [0, 0.1) is 5.41 Å². The lowest BCUT2D eigenvalue weighted by molar-refractivity contribution is -0.144. The average Bonchev–Trinajstić information content (AvgIpc) is 2.67. The van der Waals surface area contributed by atoms with E-state index in [1.54, 1.807) is 12.2 Å². The average molecular weight is 451 g/mol. The predicted octanol–water partition coefficient (Wildman–Crippen LogP) is 6.52. The summed E-state index contributed by atoms with van der Waals surface area (Å²) in [7, 11) is 0. The van der Waals surface area contributed by atoms with Gasteiger partial charge < -0.3 is 9.47 Å². The van der Waals surface area contributed by atoms with Crippen LogP contribution in [-0.4, -0.2) is 22.3 Å². The van der Waals surface area contributed by atoms with E-state index in [1.165, 1.54) is 6.92 Å². The molecule has 0 aliphatic carbocycles. The third kappa shape index (κ3) is 5.21. The molecule has 29 heavy (non-hydrogen) atoms. The molecule has 0 heterocycles. The summed E-state index contributed by atoms with van der Waals surface area (Å²) in [5, 5.41) is 11.6. The largest absolute Gasteiger partial charge is 0.474 e. The lowest BCUT2D eigenvalue weighted by atomic mass is 9.93. The lowest BCUT2D eigenvalue weighted by Crippen LogP contribution is -2.21. The van der Waals surface area contributed by atoms with Crippen LogP contribution in [0.4, 0.5) is 0 Å². The van der Waals surface area contributed by atoms with Crippen LogP contribution in [0.5, 0.6) is 0 Å². The van der Waals surface area contributed by atoms with Crippen molar-refractivity contribution in [3.63, 3.8) is 0 Å². The number of hydrogen-bond acceptors (Lipinski definition) is 4. The second kappa shape index (κ2) is 9.04. The van der Waals surface area contributed by atoms with E-state index in [2.05, 4.69) is 6.07 Å². The number of esters is 1. The highest BCUT2D eigenvalue weighted by Gasteiger charge is 2.28. The molecule has 3 aromatic carbocycles. The molecule has 0 saturated carbocycles. The van der Waals surface area contributed by atoms with Crippen molar-refractivity contribution in [2.24, 2.45) is 0 Å². The number of hydrogen-bond donors (Lipinski definition) is 1. The first kappa shape index (κ1) is 21.4. The highest BCUT2D eigenvalue weighted by atomic mass is 35.6. The van der Waals surface area contributed by atoms with Crippen LogP contribution < -0.4 is 0 Å². The predicted molar refractivity (Wildman–Crippen MR) is 119 cm³/mol. The van der Waals surface area contributed by atoms with Gasteiger partial charge >= 0.3 is 5.97 Å². The summed E-state index contributed by atoms with van der Waals surface area (Å²) >= 11 is 16.8. The SMILES string of the molecule is CC(=O)OC(/C=C\COC(=N)C(Cl)(Cl)Cl)c1c2ccccc2cc2ccccc12. The van der Waals surface area contributed by atoms with Gasteiger partial charge in [-0.15, -0.1) is 0 Å². The van der Waals surface area contributed by atoms with Gasteiger partial charge in [-0.1, -0.05) is 83.3 Å². The zero-order chi connectivity index (χ0) is 21.0. The summed E-state index contributed by atoms with van der Waals surface area (Å²) in [6.45, 7) is 1.36. The Bertz CT molecular complexity index is 1040. The summed E-state index contributed by atoms with van der Waals surface area (Å²) in [5.74, 6) is -0.890. The van der Waals surface area contributed by atoms with Crippen molar-refractivity contribution in [3.8, 4) is 0 Å². The molecule has 0 aliphatic rings. The highest BCUT2D eigenvalue weighted by molar-refractivity contribution is 6.76. The van der Waals surface area contributed by atoms with E-state index in [-0.39, 0.29) is 6.61 Å². The van der Waals surface area contributed by atoms with Gasteiger partial charge in [-0.05, 0) is 39.8 Å². The number of rotatable bonds is 5. The molecule has 0 aliphatic heterocycles. The molecule has 1 atom stereocenters. The number of nitrogens with one attached hydrogen (secondary N) is 1. The molecule has 7 heteroatoms. The van der Waals surface area contributed by atoms with Crippen LogP contribution >= 0.6 is 34.8 Å². The topological polar surface area (TPSA) is 59.4 Å². The molecule has 3 rings (SSSR count). The zero-order valence-corrected chi connectivity index (χ0v) is 17.8. The Morgan fingerprint density at radius 2 is 1.62 bits per heavy atom.